The number of fused-ring (bicyclic) bond motifs is 1. The van der Waals surface area contributed by atoms with Gasteiger partial charge in [0.1, 0.15) is 6.54 Å². The minimum absolute atomic E-state index is 0.135. The van der Waals surface area contributed by atoms with Crippen LogP contribution in [0.15, 0.2) is 70.5 Å². The lowest BCUT2D eigenvalue weighted by Crippen LogP contribution is -2.43. The van der Waals surface area contributed by atoms with Crippen LogP contribution in [0, 0.1) is 0 Å². The third-order valence-electron chi connectivity index (χ3n) is 6.73. The maximum Gasteiger partial charge on any atom is 0.337 e. The molecule has 37 heavy (non-hydrogen) atoms. The average Bonchev–Trinajstić information content (AvgIpc) is 3.60. The quantitative estimate of drug-likeness (QED) is 0.389. The number of ether oxygens (including phenoxy) is 1. The molecule has 4 aromatic rings. The fourth-order valence-electron chi connectivity index (χ4n) is 4.86. The molecule has 0 spiro atoms. The lowest BCUT2D eigenvalue weighted by molar-refractivity contribution is -0.116. The number of rotatable bonds is 7. The number of methoxy groups -OCH3 is 1. The Bertz CT molecular complexity index is 1560. The second kappa shape index (κ2) is 10.3. The molecule has 0 aliphatic heterocycles. The minimum Gasteiger partial charge on any atom is -0.465 e. The van der Waals surface area contributed by atoms with E-state index in [1.165, 1.54) is 23.8 Å². The van der Waals surface area contributed by atoms with E-state index in [0.29, 0.717) is 22.4 Å². The summed E-state index contributed by atoms with van der Waals surface area (Å²) in [5.74, 6) is -1.03. The second-order valence-electron chi connectivity index (χ2n) is 9.13. The number of carbonyl (C=O) groups is 2. The van der Waals surface area contributed by atoms with Gasteiger partial charge in [0.15, 0.2) is 11.2 Å². The predicted octanol–water partition coefficient (Wildman–Crippen LogP) is 2.95. The molecule has 2 heterocycles. The van der Waals surface area contributed by atoms with Crippen molar-refractivity contribution in [3.8, 4) is 0 Å². The van der Waals surface area contributed by atoms with E-state index in [2.05, 4.69) is 15.0 Å². The fourth-order valence-corrected chi connectivity index (χ4v) is 4.86. The van der Waals surface area contributed by atoms with Gasteiger partial charge in [0, 0.05) is 11.7 Å². The first-order valence-electron chi connectivity index (χ1n) is 12.2. The molecule has 1 N–H and O–H groups in total. The Hall–Kier alpha value is -4.47. The topological polar surface area (TPSA) is 117 Å². The lowest BCUT2D eigenvalue weighted by atomic mass is 10.2. The van der Waals surface area contributed by atoms with Crippen LogP contribution in [0.3, 0.4) is 0 Å². The number of carbonyl (C=O) groups excluding carboxylic acids is 2. The Balaban J connectivity index is 1.52. The zero-order chi connectivity index (χ0) is 25.9. The van der Waals surface area contributed by atoms with Gasteiger partial charge in [0.25, 0.3) is 5.56 Å². The largest absolute Gasteiger partial charge is 0.465 e. The van der Waals surface area contributed by atoms with Gasteiger partial charge in [-0.15, -0.1) is 0 Å². The van der Waals surface area contributed by atoms with E-state index in [9.17, 15) is 19.2 Å². The highest BCUT2D eigenvalue weighted by Crippen LogP contribution is 2.31. The molecule has 0 bridgehead atoms. The number of aromatic nitrogens is 4. The molecule has 0 atom stereocenters. The van der Waals surface area contributed by atoms with E-state index >= 15 is 0 Å². The molecule has 2 aromatic heterocycles. The summed E-state index contributed by atoms with van der Waals surface area (Å²) in [4.78, 5) is 56.1. The Morgan fingerprint density at radius 3 is 2.38 bits per heavy atom. The van der Waals surface area contributed by atoms with Gasteiger partial charge in [-0.05, 0) is 42.7 Å². The molecule has 1 aliphatic rings. The average molecular weight is 502 g/mol. The Morgan fingerprint density at radius 1 is 1.00 bits per heavy atom. The van der Waals surface area contributed by atoms with Gasteiger partial charge in [0.05, 0.1) is 25.5 Å². The molecule has 5 rings (SSSR count). The fraction of sp³-hybridized carbons (Fsp3) is 0.296. The zero-order valence-corrected chi connectivity index (χ0v) is 20.4. The Kier molecular flexibility index (Phi) is 6.72. The number of hydrogen-bond donors (Lipinski definition) is 1. The summed E-state index contributed by atoms with van der Waals surface area (Å²) in [5, 5.41) is 2.69. The number of imidazole rings is 1. The van der Waals surface area contributed by atoms with Crippen molar-refractivity contribution in [3.05, 3.63) is 92.9 Å². The summed E-state index contributed by atoms with van der Waals surface area (Å²) in [7, 11) is 1.29. The van der Waals surface area contributed by atoms with Crippen LogP contribution in [0.1, 0.15) is 47.6 Å². The number of nitrogens with zero attached hydrogens (tertiary/aromatic N) is 4. The van der Waals surface area contributed by atoms with Crippen molar-refractivity contribution in [1.82, 2.24) is 18.7 Å². The van der Waals surface area contributed by atoms with Gasteiger partial charge in [-0.2, -0.15) is 0 Å². The van der Waals surface area contributed by atoms with E-state index in [0.717, 1.165) is 35.8 Å². The van der Waals surface area contributed by atoms with Crippen molar-refractivity contribution in [1.29, 1.82) is 0 Å². The summed E-state index contributed by atoms with van der Waals surface area (Å²) < 4.78 is 8.97. The highest BCUT2D eigenvalue weighted by atomic mass is 16.5. The SMILES string of the molecule is COC(=O)c1ccc(NC(=O)Cn2c(=O)c3c(ncn3C3CCCC3)n(Cc3ccccc3)c2=O)cc1. The van der Waals surface area contributed by atoms with Crippen molar-refractivity contribution in [2.75, 3.05) is 12.4 Å². The van der Waals surface area contributed by atoms with Crippen LogP contribution in [-0.4, -0.2) is 37.7 Å². The number of amides is 1. The molecule has 190 valence electrons. The van der Waals surface area contributed by atoms with Crippen molar-refractivity contribution in [2.45, 2.75) is 44.8 Å². The third kappa shape index (κ3) is 4.82. The van der Waals surface area contributed by atoms with Crippen LogP contribution in [0.4, 0.5) is 5.69 Å². The molecular formula is C27H27N5O5. The molecule has 10 nitrogen and oxygen atoms in total. The molecule has 0 radical (unpaired) electrons. The summed E-state index contributed by atoms with van der Waals surface area (Å²) in [5.41, 5.74) is 1.15. The van der Waals surface area contributed by atoms with Gasteiger partial charge >= 0.3 is 11.7 Å². The third-order valence-corrected chi connectivity index (χ3v) is 6.73. The van der Waals surface area contributed by atoms with Crippen molar-refractivity contribution in [2.24, 2.45) is 0 Å². The minimum atomic E-state index is -0.603. The maximum absolute atomic E-state index is 13.6. The van der Waals surface area contributed by atoms with Crippen molar-refractivity contribution < 1.29 is 14.3 Å². The van der Waals surface area contributed by atoms with E-state index in [-0.39, 0.29) is 12.6 Å². The molecule has 2 aromatic carbocycles. The summed E-state index contributed by atoms with van der Waals surface area (Å²) in [6.45, 7) is -0.244. The Morgan fingerprint density at radius 2 is 1.70 bits per heavy atom. The van der Waals surface area contributed by atoms with Crippen molar-refractivity contribution >= 4 is 28.7 Å². The van der Waals surface area contributed by atoms with Crippen LogP contribution in [0.5, 0.6) is 0 Å². The molecule has 1 amide bonds. The van der Waals surface area contributed by atoms with Crippen LogP contribution < -0.4 is 16.6 Å². The molecule has 1 aliphatic carbocycles. The second-order valence-corrected chi connectivity index (χ2v) is 9.13. The molecule has 1 fully saturated rings. The normalized spacial score (nSPS) is 13.6. The monoisotopic (exact) mass is 501 g/mol. The van der Waals surface area contributed by atoms with E-state index in [1.807, 2.05) is 34.9 Å². The number of hydrogen-bond acceptors (Lipinski definition) is 6. The van der Waals surface area contributed by atoms with Gasteiger partial charge in [-0.1, -0.05) is 43.2 Å². The molecule has 1 saturated carbocycles. The standard InChI is InChI=1S/C27H27N5O5/c1-37-26(35)19-11-13-20(14-12-19)29-22(33)16-31-25(34)23-24(28-17-32(23)21-9-5-6-10-21)30(27(31)36)15-18-7-3-2-4-8-18/h2-4,7-8,11-14,17,21H,5-6,9-10,15-16H2,1H3,(H,29,33). The van der Waals surface area contributed by atoms with Gasteiger partial charge in [-0.25, -0.2) is 19.1 Å². The van der Waals surface area contributed by atoms with E-state index in [4.69, 9.17) is 0 Å². The van der Waals surface area contributed by atoms with Crippen LogP contribution in [-0.2, 0) is 22.6 Å². The lowest BCUT2D eigenvalue weighted by Gasteiger charge is -2.15. The summed E-state index contributed by atoms with van der Waals surface area (Å²) >= 11 is 0. The number of anilines is 1. The van der Waals surface area contributed by atoms with Crippen LogP contribution in [0.25, 0.3) is 11.2 Å². The molecule has 0 unspecified atom stereocenters. The van der Waals surface area contributed by atoms with Gasteiger partial charge in [0.2, 0.25) is 5.91 Å². The molecular weight excluding hydrogens is 474 g/mol. The number of nitrogens with one attached hydrogen (secondary N) is 1. The molecule has 0 saturated heterocycles. The van der Waals surface area contributed by atoms with Crippen molar-refractivity contribution in [3.63, 3.8) is 0 Å². The van der Waals surface area contributed by atoms with Crippen LogP contribution in [0.2, 0.25) is 0 Å². The summed E-state index contributed by atoms with van der Waals surface area (Å²) in [6, 6.07) is 15.7. The highest BCUT2D eigenvalue weighted by molar-refractivity contribution is 5.93. The first-order chi connectivity index (χ1) is 18.0. The number of benzene rings is 2. The maximum atomic E-state index is 13.6. The van der Waals surface area contributed by atoms with Gasteiger partial charge < -0.3 is 14.6 Å². The predicted molar refractivity (Wildman–Crippen MR) is 138 cm³/mol. The van der Waals surface area contributed by atoms with E-state index < -0.39 is 29.7 Å². The smallest absolute Gasteiger partial charge is 0.337 e. The molecule has 10 heteroatoms. The first-order valence-corrected chi connectivity index (χ1v) is 12.2. The zero-order valence-electron chi connectivity index (χ0n) is 20.4. The Labute approximate surface area is 212 Å². The number of esters is 1. The van der Waals surface area contributed by atoms with E-state index in [1.54, 1.807) is 18.5 Å². The highest BCUT2D eigenvalue weighted by Gasteiger charge is 2.25. The van der Waals surface area contributed by atoms with Gasteiger partial charge in [-0.3, -0.25) is 14.2 Å². The first kappa shape index (κ1) is 24.2. The summed E-state index contributed by atoms with van der Waals surface area (Å²) in [6.07, 6.45) is 5.64. The van der Waals surface area contributed by atoms with Crippen LogP contribution >= 0.6 is 0 Å².